The van der Waals surface area contributed by atoms with Crippen molar-refractivity contribution in [2.75, 3.05) is 19.6 Å². The summed E-state index contributed by atoms with van der Waals surface area (Å²) in [5.74, 6) is 1.48. The number of hydrogen-bond donors (Lipinski definition) is 0. The van der Waals surface area contributed by atoms with Crippen molar-refractivity contribution in [2.24, 2.45) is 5.92 Å². The number of ether oxygens (including phenoxy) is 1. The fourth-order valence-electron chi connectivity index (χ4n) is 2.58. The molecule has 86 valence electrons. The van der Waals surface area contributed by atoms with Gasteiger partial charge in [0.1, 0.15) is 12.0 Å². The minimum Gasteiger partial charge on any atom is -0.489 e. The van der Waals surface area contributed by atoms with Crippen LogP contribution >= 0.6 is 0 Å². The van der Waals surface area contributed by atoms with E-state index in [0.29, 0.717) is 6.10 Å². The molecule has 17 heavy (non-hydrogen) atoms. The summed E-state index contributed by atoms with van der Waals surface area (Å²) in [6.07, 6.45) is 4.58. The van der Waals surface area contributed by atoms with Crippen molar-refractivity contribution in [3.8, 4) is 5.88 Å². The first-order valence-electron chi connectivity index (χ1n) is 5.63. The SMILES string of the molecule is [Y].[Y].[c-]1ccc(O[C@H]2CN3CCC2CC3)nc1. The van der Waals surface area contributed by atoms with Crippen LogP contribution in [0.25, 0.3) is 0 Å². The molecular weight excluding hydrogens is 366 g/mol. The third-order valence-electron chi connectivity index (χ3n) is 3.46. The normalized spacial score (nSPS) is 30.0. The van der Waals surface area contributed by atoms with Gasteiger partial charge < -0.3 is 4.74 Å². The fourth-order valence-corrected chi connectivity index (χ4v) is 2.58. The van der Waals surface area contributed by atoms with Gasteiger partial charge in [0.2, 0.25) is 0 Å². The van der Waals surface area contributed by atoms with E-state index < -0.39 is 0 Å². The molecule has 5 heteroatoms. The molecule has 4 rings (SSSR count). The van der Waals surface area contributed by atoms with Crippen molar-refractivity contribution >= 4 is 0 Å². The second-order valence-corrected chi connectivity index (χ2v) is 4.39. The fraction of sp³-hybridized carbons (Fsp3) is 0.583. The second kappa shape index (κ2) is 7.65. The van der Waals surface area contributed by atoms with Crippen LogP contribution in [-0.4, -0.2) is 35.6 Å². The van der Waals surface area contributed by atoms with E-state index in [4.69, 9.17) is 4.74 Å². The van der Waals surface area contributed by atoms with Crippen molar-refractivity contribution in [3.63, 3.8) is 0 Å². The van der Waals surface area contributed by atoms with Crippen LogP contribution < -0.4 is 4.74 Å². The molecule has 2 bridgehead atoms. The molecule has 1 aromatic rings. The van der Waals surface area contributed by atoms with Crippen LogP contribution in [0.3, 0.4) is 0 Å². The maximum Gasteiger partial charge on any atom is 0.127 e. The van der Waals surface area contributed by atoms with Crippen molar-refractivity contribution in [3.05, 3.63) is 24.4 Å². The zero-order valence-corrected chi connectivity index (χ0v) is 15.6. The van der Waals surface area contributed by atoms with E-state index in [1.54, 1.807) is 6.20 Å². The molecule has 0 unspecified atom stereocenters. The Morgan fingerprint density at radius 1 is 1.29 bits per heavy atom. The Balaban J connectivity index is 0.000000722. The Morgan fingerprint density at radius 3 is 2.59 bits per heavy atom. The summed E-state index contributed by atoms with van der Waals surface area (Å²) in [5, 5.41) is 0. The van der Waals surface area contributed by atoms with Crippen molar-refractivity contribution in [1.29, 1.82) is 0 Å². The van der Waals surface area contributed by atoms with Gasteiger partial charge in [0.25, 0.3) is 0 Å². The molecule has 0 aromatic carbocycles. The van der Waals surface area contributed by atoms with E-state index >= 15 is 0 Å². The van der Waals surface area contributed by atoms with Gasteiger partial charge in [-0.3, -0.25) is 9.88 Å². The number of nitrogens with zero attached hydrogens (tertiary/aromatic N) is 2. The summed E-state index contributed by atoms with van der Waals surface area (Å²) < 4.78 is 5.92. The average Bonchev–Trinajstić information content (AvgIpc) is 2.32. The van der Waals surface area contributed by atoms with E-state index in [1.807, 2.05) is 12.1 Å². The first-order chi connectivity index (χ1) is 7.42. The van der Waals surface area contributed by atoms with E-state index in [1.165, 1.54) is 25.9 Å². The first-order valence-corrected chi connectivity index (χ1v) is 5.63. The van der Waals surface area contributed by atoms with Crippen LogP contribution in [0.15, 0.2) is 18.3 Å². The van der Waals surface area contributed by atoms with E-state index in [9.17, 15) is 0 Å². The molecular formula is C12H15N2OY2-. The summed E-state index contributed by atoms with van der Waals surface area (Å²) >= 11 is 0. The Hall–Kier alpha value is 1.12. The van der Waals surface area contributed by atoms with Gasteiger partial charge >= 0.3 is 0 Å². The standard InChI is InChI=1S/C12H15N2O.2Y/c1-2-6-13-12(3-1)15-11-9-14-7-4-10(11)5-8-14;;/h1,3,6,10-11H,4-5,7-9H2;;/q-1;;/t11-;;/m0../s1. The quantitative estimate of drug-likeness (QED) is 0.724. The number of hydrogen-bond acceptors (Lipinski definition) is 3. The van der Waals surface area contributed by atoms with Crippen molar-refractivity contribution in [2.45, 2.75) is 18.9 Å². The molecule has 0 amide bonds. The van der Waals surface area contributed by atoms with E-state index in [0.717, 1.165) is 18.3 Å². The Morgan fingerprint density at radius 2 is 2.06 bits per heavy atom. The maximum absolute atomic E-state index is 5.92. The predicted molar refractivity (Wildman–Crippen MR) is 56.7 cm³/mol. The number of fused-ring (bicyclic) bond motifs is 3. The summed E-state index contributed by atoms with van der Waals surface area (Å²) in [6, 6.07) is 6.64. The van der Waals surface area contributed by atoms with Crippen LogP contribution in [0.1, 0.15) is 12.8 Å². The van der Waals surface area contributed by atoms with E-state index in [-0.39, 0.29) is 65.4 Å². The number of aromatic nitrogens is 1. The van der Waals surface area contributed by atoms with Gasteiger partial charge in [0.05, 0.1) is 0 Å². The first kappa shape index (κ1) is 16.2. The molecule has 1 atom stereocenters. The predicted octanol–water partition coefficient (Wildman–Crippen LogP) is 1.35. The zero-order chi connectivity index (χ0) is 10.1. The van der Waals surface area contributed by atoms with E-state index in [2.05, 4.69) is 16.0 Å². The smallest absolute Gasteiger partial charge is 0.127 e. The van der Waals surface area contributed by atoms with Gasteiger partial charge in [-0.1, -0.05) is 6.20 Å². The molecule has 0 spiro atoms. The third-order valence-corrected chi connectivity index (χ3v) is 3.46. The van der Waals surface area contributed by atoms with Gasteiger partial charge in [-0.25, -0.2) is 12.1 Å². The van der Waals surface area contributed by atoms with Gasteiger partial charge in [0.15, 0.2) is 0 Å². The molecule has 3 nitrogen and oxygen atoms in total. The average molecular weight is 381 g/mol. The van der Waals surface area contributed by atoms with Gasteiger partial charge in [-0.15, -0.1) is 6.07 Å². The van der Waals surface area contributed by atoms with Crippen LogP contribution in [-0.2, 0) is 65.4 Å². The number of rotatable bonds is 2. The van der Waals surface area contributed by atoms with Crippen LogP contribution in [0, 0.1) is 12.0 Å². The minimum absolute atomic E-state index is 0. The topological polar surface area (TPSA) is 25.4 Å². The van der Waals surface area contributed by atoms with Crippen LogP contribution in [0.2, 0.25) is 0 Å². The maximum atomic E-state index is 5.92. The van der Waals surface area contributed by atoms with Crippen molar-refractivity contribution < 1.29 is 70.2 Å². The molecule has 4 heterocycles. The Kier molecular flexibility index (Phi) is 7.27. The minimum atomic E-state index is 0. The molecule has 3 aliphatic rings. The van der Waals surface area contributed by atoms with Crippen molar-refractivity contribution in [1.82, 2.24) is 9.88 Å². The molecule has 3 saturated heterocycles. The van der Waals surface area contributed by atoms with Crippen LogP contribution in [0.4, 0.5) is 0 Å². The second-order valence-electron chi connectivity index (χ2n) is 4.39. The summed E-state index contributed by atoms with van der Waals surface area (Å²) in [5.41, 5.74) is 0. The monoisotopic (exact) mass is 381 g/mol. The summed E-state index contributed by atoms with van der Waals surface area (Å²) in [6.45, 7) is 3.58. The summed E-state index contributed by atoms with van der Waals surface area (Å²) in [7, 11) is 0. The third kappa shape index (κ3) is 4.04. The Labute approximate surface area is 153 Å². The molecule has 3 fully saturated rings. The molecule has 3 aliphatic heterocycles. The van der Waals surface area contributed by atoms with Gasteiger partial charge in [-0.2, -0.15) is 0 Å². The number of piperidine rings is 3. The molecule has 0 N–H and O–H groups in total. The van der Waals surface area contributed by atoms with Gasteiger partial charge in [-0.05, 0) is 31.8 Å². The Bertz CT molecular complexity index is 329. The van der Waals surface area contributed by atoms with Crippen LogP contribution in [0.5, 0.6) is 5.88 Å². The molecule has 1 aromatic heterocycles. The largest absolute Gasteiger partial charge is 0.489 e. The summed E-state index contributed by atoms with van der Waals surface area (Å²) in [4.78, 5) is 6.65. The molecule has 0 saturated carbocycles. The zero-order valence-electron chi connectivity index (χ0n) is 9.88. The molecule has 2 radical (unpaired) electrons. The number of pyridine rings is 1. The van der Waals surface area contributed by atoms with Gasteiger partial charge in [0, 0.05) is 72.0 Å². The molecule has 0 aliphatic carbocycles.